The smallest absolute Gasteiger partial charge is 0.305 e. The number of hydrogen-bond donors (Lipinski definition) is 16. The normalized spacial score (nSPS) is 16.0. The van der Waals surface area contributed by atoms with E-state index in [9.17, 15) is 57.8 Å². The van der Waals surface area contributed by atoms with Crippen LogP contribution in [0.1, 0.15) is 77.7 Å². The van der Waals surface area contributed by atoms with E-state index in [4.69, 9.17) is 28.7 Å². The first kappa shape index (κ1) is 64.7. The van der Waals surface area contributed by atoms with Crippen LogP contribution in [0.2, 0.25) is 0 Å². The van der Waals surface area contributed by atoms with E-state index in [1.165, 1.54) is 11.8 Å². The molecule has 10 amide bonds. The standard InChI is InChI=1S/C46H74N16O12S2/c1-4-24(2)36(61-42(72)32(23-76)55-25(3)63)44(74)62-18-10-15-33(62)43(73)58-27(13-8-16-52-45(48)49)38(68)54-21-34(64)56-30(20-35(65)66)41(71)59-29(19-26-11-6-5-7-12-26)40(70)57-28(14-9-17-53-46(50)51)39(69)60-31(22-75)37(47)67/h5-7,11-12,24,27-33,36,75-76H,4,8-10,13-23H2,1-3H3,(H2,47,67)(H,54,68)(H,55,63)(H,56,64)(H,57,70)(H,58,73)(H,59,71)(H,60,69)(H,61,72)(H,65,66)(H4,48,49,52)(H4,50,51,53)/t24-,27-,28-,29-,30-,31-,32-,33-,36-/m0/s1. The number of guanidine groups is 2. The lowest BCUT2D eigenvalue weighted by molar-refractivity contribution is -0.143. The van der Waals surface area contributed by atoms with Crippen molar-refractivity contribution in [2.75, 3.05) is 37.7 Å². The number of primary amides is 1. The Bertz CT molecular complexity index is 2250. The summed E-state index contributed by atoms with van der Waals surface area (Å²) < 4.78 is 0. The molecule has 1 saturated heterocycles. The van der Waals surface area contributed by atoms with Crippen LogP contribution in [0.4, 0.5) is 0 Å². The van der Waals surface area contributed by atoms with Crippen LogP contribution in [-0.4, -0.2) is 173 Å². The molecule has 9 atom stereocenters. The quantitative estimate of drug-likeness (QED) is 0.0135. The average Bonchev–Trinajstić information content (AvgIpc) is 3.87. The number of carboxylic acid groups (broad SMARTS) is 1. The highest BCUT2D eigenvalue weighted by Crippen LogP contribution is 2.22. The number of likely N-dealkylation sites (tertiary alicyclic amines) is 1. The van der Waals surface area contributed by atoms with Gasteiger partial charge in [0.1, 0.15) is 48.3 Å². The molecule has 1 aromatic carbocycles. The number of carbonyl (C=O) groups excluding carboxylic acids is 10. The highest BCUT2D eigenvalue weighted by molar-refractivity contribution is 7.80. The van der Waals surface area contributed by atoms with E-state index in [-0.39, 0.29) is 81.6 Å². The van der Waals surface area contributed by atoms with Gasteiger partial charge in [0.05, 0.1) is 13.0 Å². The summed E-state index contributed by atoms with van der Waals surface area (Å²) in [6.07, 6.45) is 0.0148. The third kappa shape index (κ3) is 23.0. The molecule has 0 radical (unpaired) electrons. The van der Waals surface area contributed by atoms with Gasteiger partial charge in [0.15, 0.2) is 11.9 Å². The van der Waals surface area contributed by atoms with Crippen LogP contribution in [0.15, 0.2) is 40.3 Å². The number of nitrogens with zero attached hydrogens (tertiary/aromatic N) is 3. The summed E-state index contributed by atoms with van der Waals surface area (Å²) >= 11 is 8.20. The second kappa shape index (κ2) is 33.5. The largest absolute Gasteiger partial charge is 0.481 e. The molecule has 76 heavy (non-hydrogen) atoms. The molecule has 0 spiro atoms. The number of carboxylic acids is 1. The van der Waals surface area contributed by atoms with Crippen LogP contribution in [0.5, 0.6) is 0 Å². The number of carbonyl (C=O) groups is 11. The fourth-order valence-corrected chi connectivity index (χ4v) is 8.20. The number of thiol groups is 2. The molecule has 1 aliphatic rings. The molecule has 0 saturated carbocycles. The lowest BCUT2D eigenvalue weighted by Crippen LogP contribution is -2.60. The first-order valence-electron chi connectivity index (χ1n) is 24.5. The van der Waals surface area contributed by atoms with Gasteiger partial charge in [-0.15, -0.1) is 0 Å². The van der Waals surface area contributed by atoms with E-state index in [0.29, 0.717) is 18.4 Å². The predicted octanol–water partition coefficient (Wildman–Crippen LogP) is -5.28. The van der Waals surface area contributed by atoms with Crippen molar-refractivity contribution in [3.63, 3.8) is 0 Å². The molecule has 28 nitrogen and oxygen atoms in total. The van der Waals surface area contributed by atoms with Crippen LogP contribution in [0.3, 0.4) is 0 Å². The first-order valence-corrected chi connectivity index (χ1v) is 25.7. The molecule has 2 rings (SSSR count). The number of aliphatic imine (C=N–C) groups is 2. The number of hydrogen-bond acceptors (Lipinski definition) is 15. The molecule has 1 aliphatic heterocycles. The van der Waals surface area contributed by atoms with Crippen LogP contribution in [0.25, 0.3) is 0 Å². The summed E-state index contributed by atoms with van der Waals surface area (Å²) in [5.74, 6) is -10.8. The zero-order valence-corrected chi connectivity index (χ0v) is 44.5. The van der Waals surface area contributed by atoms with Gasteiger partial charge in [0, 0.05) is 44.5 Å². The highest BCUT2D eigenvalue weighted by atomic mass is 32.1. The first-order chi connectivity index (χ1) is 35.9. The Hall–Kier alpha value is -7.37. The van der Waals surface area contributed by atoms with Crippen molar-refractivity contribution in [2.45, 2.75) is 127 Å². The number of nitrogens with two attached hydrogens (primary N) is 5. The molecule has 0 bridgehead atoms. The van der Waals surface area contributed by atoms with Crippen molar-refractivity contribution in [1.82, 2.24) is 47.4 Å². The number of nitrogens with one attached hydrogen (secondary N) is 8. The number of aliphatic carboxylic acids is 1. The van der Waals surface area contributed by atoms with Crippen molar-refractivity contribution in [2.24, 2.45) is 44.6 Å². The Morgan fingerprint density at radius 1 is 0.684 bits per heavy atom. The van der Waals surface area contributed by atoms with Gasteiger partial charge in [-0.25, -0.2) is 0 Å². The molecule has 19 N–H and O–H groups in total. The average molecular weight is 1110 g/mol. The molecule has 1 fully saturated rings. The van der Waals surface area contributed by atoms with Crippen LogP contribution in [-0.2, 0) is 59.2 Å². The molecule has 0 aliphatic carbocycles. The number of benzene rings is 1. The summed E-state index contributed by atoms with van der Waals surface area (Å²) in [6.45, 7) is 4.16. The summed E-state index contributed by atoms with van der Waals surface area (Å²) in [6, 6.07) is -2.17. The molecule has 1 aromatic rings. The van der Waals surface area contributed by atoms with E-state index in [1.54, 1.807) is 37.3 Å². The lowest BCUT2D eigenvalue weighted by atomic mass is 9.97. The summed E-state index contributed by atoms with van der Waals surface area (Å²) in [5.41, 5.74) is 27.7. The van der Waals surface area contributed by atoms with Gasteiger partial charge < -0.3 is 81.2 Å². The summed E-state index contributed by atoms with van der Waals surface area (Å²) in [7, 11) is 0. The van der Waals surface area contributed by atoms with E-state index in [0.717, 1.165) is 0 Å². The topological polar surface area (TPSA) is 462 Å². The molecular formula is C46H74N16O12S2. The van der Waals surface area contributed by atoms with E-state index in [1.807, 2.05) is 6.92 Å². The van der Waals surface area contributed by atoms with Crippen LogP contribution >= 0.6 is 25.3 Å². The minimum Gasteiger partial charge on any atom is -0.481 e. The fraction of sp³-hybridized carbons (Fsp3) is 0.587. The Labute approximate surface area is 451 Å². The Morgan fingerprint density at radius 3 is 1.74 bits per heavy atom. The second-order valence-corrected chi connectivity index (χ2v) is 18.6. The molecule has 0 aromatic heterocycles. The van der Waals surface area contributed by atoms with Crippen LogP contribution < -0.4 is 71.2 Å². The monoisotopic (exact) mass is 1110 g/mol. The molecule has 1 heterocycles. The highest BCUT2D eigenvalue weighted by Gasteiger charge is 2.41. The summed E-state index contributed by atoms with van der Waals surface area (Å²) in [5, 5.41) is 29.7. The van der Waals surface area contributed by atoms with Crippen molar-refractivity contribution >= 4 is 102 Å². The van der Waals surface area contributed by atoms with Gasteiger partial charge in [-0.2, -0.15) is 25.3 Å². The Kier molecular flexibility index (Phi) is 28.6. The van der Waals surface area contributed by atoms with E-state index < -0.39 is 132 Å². The van der Waals surface area contributed by atoms with Crippen LogP contribution in [0, 0.1) is 5.92 Å². The third-order valence-electron chi connectivity index (χ3n) is 11.9. The molecule has 30 heteroatoms. The van der Waals surface area contributed by atoms with E-state index in [2.05, 4.69) is 77.8 Å². The Balaban J connectivity index is 2.34. The van der Waals surface area contributed by atoms with Gasteiger partial charge in [0.25, 0.3) is 0 Å². The second-order valence-electron chi connectivity index (χ2n) is 17.8. The maximum absolute atomic E-state index is 14.1. The van der Waals surface area contributed by atoms with Crippen molar-refractivity contribution in [3.8, 4) is 0 Å². The minimum absolute atomic E-state index is 0.0347. The van der Waals surface area contributed by atoms with Gasteiger partial charge in [0.2, 0.25) is 59.1 Å². The number of rotatable bonds is 33. The number of amides is 10. The summed E-state index contributed by atoms with van der Waals surface area (Å²) in [4.78, 5) is 155. The molecule has 0 unspecified atom stereocenters. The SMILES string of the molecule is CC[C@H](C)[C@H](NC(=O)[C@H](CS)NC(C)=O)C(=O)N1CCC[C@H]1C(=O)N[C@@H](CCCN=C(N)N)C(=O)NCC(=O)N[C@@H](CC(=O)O)C(=O)N[C@@H](Cc1ccccc1)C(=O)N[C@@H](CCCN=C(N)N)C(=O)N[C@@H](CS)C(N)=O. The van der Waals surface area contributed by atoms with E-state index >= 15 is 0 Å². The fourth-order valence-electron chi connectivity index (χ4n) is 7.67. The van der Waals surface area contributed by atoms with Crippen molar-refractivity contribution in [1.29, 1.82) is 0 Å². The van der Waals surface area contributed by atoms with Gasteiger partial charge in [-0.1, -0.05) is 50.6 Å². The zero-order valence-electron chi connectivity index (χ0n) is 42.8. The van der Waals surface area contributed by atoms with Gasteiger partial charge in [-0.3, -0.25) is 62.7 Å². The zero-order chi connectivity index (χ0) is 57.1. The Morgan fingerprint density at radius 2 is 1.21 bits per heavy atom. The van der Waals surface area contributed by atoms with Crippen molar-refractivity contribution < 1.29 is 57.8 Å². The molecule has 422 valence electrons. The maximum Gasteiger partial charge on any atom is 0.305 e. The maximum atomic E-state index is 14.1. The van der Waals surface area contributed by atoms with Gasteiger partial charge >= 0.3 is 5.97 Å². The lowest BCUT2D eigenvalue weighted by Gasteiger charge is -2.32. The van der Waals surface area contributed by atoms with Crippen molar-refractivity contribution in [3.05, 3.63) is 35.9 Å². The minimum atomic E-state index is -1.84. The predicted molar refractivity (Wildman–Crippen MR) is 286 cm³/mol. The third-order valence-corrected chi connectivity index (χ3v) is 12.6. The van der Waals surface area contributed by atoms with Gasteiger partial charge in [-0.05, 0) is 50.0 Å². The molecular weight excluding hydrogens is 1030 g/mol.